The average molecular weight is 146 g/mol. The molecule has 0 spiro atoms. The van der Waals surface area contributed by atoms with Crippen molar-refractivity contribution in [3.63, 3.8) is 0 Å². The van der Waals surface area contributed by atoms with Crippen molar-refractivity contribution >= 4 is 6.09 Å². The molecule has 0 heterocycles. The summed E-state index contributed by atoms with van der Waals surface area (Å²) in [6.07, 6.45) is 0.0233. The van der Waals surface area contributed by atoms with Gasteiger partial charge in [0, 0.05) is 7.05 Å². The molecule has 0 aliphatic rings. The van der Waals surface area contributed by atoms with Crippen molar-refractivity contribution in [2.45, 2.75) is 13.3 Å². The van der Waals surface area contributed by atoms with Gasteiger partial charge in [-0.1, -0.05) is 6.92 Å². The molecule has 0 atom stereocenters. The largest absolute Gasteiger partial charge is 0.448 e. The van der Waals surface area contributed by atoms with Crippen molar-refractivity contribution in [1.82, 2.24) is 5.01 Å². The summed E-state index contributed by atoms with van der Waals surface area (Å²) in [4.78, 5) is 20.2. The molecule has 58 valence electrons. The number of hydrogen-bond donors (Lipinski definition) is 0. The molecule has 0 rings (SSSR count). The molecule has 1 amide bonds. The maximum atomic E-state index is 10.5. The van der Waals surface area contributed by atoms with E-state index in [1.807, 2.05) is 6.92 Å². The van der Waals surface area contributed by atoms with E-state index in [2.05, 4.69) is 10.0 Å². The Balaban J connectivity index is 3.51. The fourth-order valence-corrected chi connectivity index (χ4v) is 0.316. The lowest BCUT2D eigenvalue weighted by Crippen LogP contribution is -2.21. The molecule has 0 radical (unpaired) electrons. The number of hydrogen-bond acceptors (Lipinski definition) is 4. The summed E-state index contributed by atoms with van der Waals surface area (Å²) in [5, 5.41) is 2.96. The highest BCUT2D eigenvalue weighted by Gasteiger charge is 2.07. The van der Waals surface area contributed by atoms with Crippen LogP contribution in [0.15, 0.2) is 5.29 Å². The van der Waals surface area contributed by atoms with Gasteiger partial charge in [-0.3, -0.25) is 0 Å². The summed E-state index contributed by atoms with van der Waals surface area (Å²) in [6, 6.07) is 0. The van der Waals surface area contributed by atoms with Crippen LogP contribution in [-0.4, -0.2) is 24.8 Å². The fraction of sp³-hybridized carbons (Fsp3) is 0.800. The van der Waals surface area contributed by atoms with Gasteiger partial charge in [0.05, 0.1) is 11.9 Å². The van der Waals surface area contributed by atoms with E-state index in [1.165, 1.54) is 7.05 Å². The van der Waals surface area contributed by atoms with E-state index >= 15 is 0 Å². The third kappa shape index (κ3) is 3.01. The predicted octanol–water partition coefficient (Wildman–Crippen LogP) is 1.15. The SMILES string of the molecule is CCCOC(=O)N(C)N=O. The van der Waals surface area contributed by atoms with E-state index in [4.69, 9.17) is 0 Å². The Morgan fingerprint density at radius 1 is 1.70 bits per heavy atom. The van der Waals surface area contributed by atoms with Crippen LogP contribution in [0.3, 0.4) is 0 Å². The quantitative estimate of drug-likeness (QED) is 0.443. The lowest BCUT2D eigenvalue weighted by molar-refractivity contribution is 0.111. The molecular weight excluding hydrogens is 136 g/mol. The van der Waals surface area contributed by atoms with Crippen molar-refractivity contribution in [1.29, 1.82) is 0 Å². The molecule has 5 nitrogen and oxygen atoms in total. The van der Waals surface area contributed by atoms with Crippen LogP contribution in [0.4, 0.5) is 4.79 Å². The Bertz CT molecular complexity index is 126. The van der Waals surface area contributed by atoms with Gasteiger partial charge in [0.1, 0.15) is 0 Å². The Labute approximate surface area is 58.9 Å². The molecule has 5 heteroatoms. The van der Waals surface area contributed by atoms with E-state index in [1.54, 1.807) is 0 Å². The zero-order valence-electron chi connectivity index (χ0n) is 6.03. The van der Waals surface area contributed by atoms with Crippen LogP contribution in [0.1, 0.15) is 13.3 Å². The van der Waals surface area contributed by atoms with Crippen molar-refractivity contribution < 1.29 is 9.53 Å². The highest BCUT2D eigenvalue weighted by Crippen LogP contribution is 1.90. The van der Waals surface area contributed by atoms with Gasteiger partial charge in [-0.25, -0.2) is 4.79 Å². The maximum Gasteiger partial charge on any atom is 0.432 e. The van der Waals surface area contributed by atoms with Crippen LogP contribution < -0.4 is 0 Å². The topological polar surface area (TPSA) is 59.0 Å². The first-order valence-corrected chi connectivity index (χ1v) is 2.96. The number of nitroso groups, excluding NO2 is 1. The smallest absolute Gasteiger partial charge is 0.432 e. The summed E-state index contributed by atoms with van der Waals surface area (Å²) in [6.45, 7) is 2.18. The number of rotatable bonds is 3. The van der Waals surface area contributed by atoms with E-state index in [0.717, 1.165) is 6.42 Å². The van der Waals surface area contributed by atoms with Crippen LogP contribution in [0, 0.1) is 4.91 Å². The molecule has 10 heavy (non-hydrogen) atoms. The number of ether oxygens (including phenoxy) is 1. The minimum Gasteiger partial charge on any atom is -0.448 e. The molecule has 0 aliphatic heterocycles. The molecule has 0 aromatic heterocycles. The minimum absolute atomic E-state index is 0.318. The lowest BCUT2D eigenvalue weighted by Gasteiger charge is -2.05. The molecule has 0 aromatic rings. The first-order chi connectivity index (χ1) is 4.72. The number of nitrogens with zero attached hydrogens (tertiary/aromatic N) is 2. The van der Waals surface area contributed by atoms with E-state index in [0.29, 0.717) is 11.6 Å². The van der Waals surface area contributed by atoms with Gasteiger partial charge < -0.3 is 4.74 Å². The van der Waals surface area contributed by atoms with Crippen molar-refractivity contribution in [2.24, 2.45) is 5.29 Å². The second-order valence-corrected chi connectivity index (χ2v) is 1.72. The van der Waals surface area contributed by atoms with Crippen LogP contribution in [0.2, 0.25) is 0 Å². The van der Waals surface area contributed by atoms with E-state index < -0.39 is 6.09 Å². The molecule has 0 fully saturated rings. The van der Waals surface area contributed by atoms with Crippen LogP contribution >= 0.6 is 0 Å². The van der Waals surface area contributed by atoms with Gasteiger partial charge in [-0.15, -0.1) is 4.91 Å². The highest BCUT2D eigenvalue weighted by molar-refractivity contribution is 5.66. The van der Waals surface area contributed by atoms with Gasteiger partial charge >= 0.3 is 6.09 Å². The van der Waals surface area contributed by atoms with Gasteiger partial charge in [0.25, 0.3) is 0 Å². The van der Waals surface area contributed by atoms with Crippen molar-refractivity contribution in [3.05, 3.63) is 4.91 Å². The zero-order chi connectivity index (χ0) is 7.98. The minimum atomic E-state index is -0.711. The second kappa shape index (κ2) is 4.72. The molecule has 0 saturated carbocycles. The summed E-state index contributed by atoms with van der Waals surface area (Å²) in [5.41, 5.74) is 0. The third-order valence-corrected chi connectivity index (χ3v) is 0.816. The normalized spacial score (nSPS) is 8.60. The second-order valence-electron chi connectivity index (χ2n) is 1.72. The summed E-state index contributed by atoms with van der Waals surface area (Å²) in [5.74, 6) is 0. The first kappa shape index (κ1) is 8.87. The third-order valence-electron chi connectivity index (χ3n) is 0.816. The van der Waals surface area contributed by atoms with Crippen molar-refractivity contribution in [3.8, 4) is 0 Å². The van der Waals surface area contributed by atoms with E-state index in [9.17, 15) is 9.70 Å². The summed E-state index contributed by atoms with van der Waals surface area (Å²) < 4.78 is 4.54. The molecule has 0 N–H and O–H groups in total. The Morgan fingerprint density at radius 2 is 2.30 bits per heavy atom. The summed E-state index contributed by atoms with van der Waals surface area (Å²) in [7, 11) is 1.24. The Morgan fingerprint density at radius 3 is 2.70 bits per heavy atom. The van der Waals surface area contributed by atoms with Gasteiger partial charge in [0.2, 0.25) is 0 Å². The molecule has 0 aromatic carbocycles. The van der Waals surface area contributed by atoms with Crippen LogP contribution in [0.25, 0.3) is 0 Å². The standard InChI is InChI=1S/C5H10N2O3/c1-3-4-10-5(8)7(2)6-9/h3-4H2,1-2H3. The Hall–Kier alpha value is -1.13. The molecular formula is C5H10N2O3. The Kier molecular flexibility index (Phi) is 4.19. The first-order valence-electron chi connectivity index (χ1n) is 2.96. The van der Waals surface area contributed by atoms with Crippen LogP contribution in [-0.2, 0) is 4.74 Å². The lowest BCUT2D eigenvalue weighted by atomic mass is 10.5. The predicted molar refractivity (Wildman–Crippen MR) is 35.2 cm³/mol. The zero-order valence-corrected chi connectivity index (χ0v) is 6.03. The fourth-order valence-electron chi connectivity index (χ4n) is 0.316. The number of amides is 1. The molecule has 0 bridgehead atoms. The van der Waals surface area contributed by atoms with Gasteiger partial charge in [-0.05, 0) is 6.42 Å². The highest BCUT2D eigenvalue weighted by atomic mass is 16.6. The average Bonchev–Trinajstić information content (AvgIpc) is 1.98. The van der Waals surface area contributed by atoms with Gasteiger partial charge in [-0.2, -0.15) is 5.01 Å². The van der Waals surface area contributed by atoms with Gasteiger partial charge in [0.15, 0.2) is 0 Å². The number of carbonyl (C=O) groups excluding carboxylic acids is 1. The molecule has 0 saturated heterocycles. The summed E-state index contributed by atoms with van der Waals surface area (Å²) >= 11 is 0. The molecule has 0 unspecified atom stereocenters. The monoisotopic (exact) mass is 146 g/mol. The molecule has 0 aliphatic carbocycles. The van der Waals surface area contributed by atoms with Crippen molar-refractivity contribution in [2.75, 3.05) is 13.7 Å². The van der Waals surface area contributed by atoms with E-state index in [-0.39, 0.29) is 0 Å². The van der Waals surface area contributed by atoms with Crippen LogP contribution in [0.5, 0.6) is 0 Å². The number of carbonyl (C=O) groups is 1. The maximum absolute atomic E-state index is 10.5.